The van der Waals surface area contributed by atoms with Crippen LogP contribution in [0.1, 0.15) is 13.8 Å². The zero-order chi connectivity index (χ0) is 9.56. The van der Waals surface area contributed by atoms with E-state index in [1.54, 1.807) is 13.8 Å². The van der Waals surface area contributed by atoms with Gasteiger partial charge in [0, 0.05) is 11.5 Å². The molecule has 0 aliphatic rings. The average molecular weight is 193 g/mol. The number of rotatable bonds is 5. The molecule has 0 radical (unpaired) electrons. The molecular formula is C8H13ClO3. The van der Waals surface area contributed by atoms with E-state index < -0.39 is 12.3 Å². The molecule has 0 amide bonds. The highest BCUT2D eigenvalue weighted by Crippen LogP contribution is 1.99. The van der Waals surface area contributed by atoms with E-state index in [0.29, 0.717) is 18.1 Å². The number of hydrogen-bond donors (Lipinski definition) is 0. The van der Waals surface area contributed by atoms with Crippen LogP contribution in [0.4, 0.5) is 0 Å². The molecule has 0 aliphatic heterocycles. The van der Waals surface area contributed by atoms with Crippen LogP contribution in [0.5, 0.6) is 0 Å². The smallest absolute Gasteiger partial charge is 0.335 e. The maximum atomic E-state index is 10.9. The first kappa shape index (κ1) is 11.5. The summed E-state index contributed by atoms with van der Waals surface area (Å²) < 4.78 is 9.79. The van der Waals surface area contributed by atoms with Crippen molar-refractivity contribution in [2.45, 2.75) is 20.1 Å². The summed E-state index contributed by atoms with van der Waals surface area (Å²) >= 11 is 5.36. The van der Waals surface area contributed by atoms with Crippen LogP contribution in [-0.2, 0) is 14.3 Å². The maximum absolute atomic E-state index is 10.9. The second kappa shape index (κ2) is 6.03. The van der Waals surface area contributed by atoms with Crippen molar-refractivity contribution in [1.82, 2.24) is 0 Å². The Balaban J connectivity index is 3.61. The number of ether oxygens (including phenoxy) is 2. The number of carbonyl (C=O) groups excluding carboxylic acids is 1. The largest absolute Gasteiger partial charge is 0.433 e. The number of esters is 1. The van der Waals surface area contributed by atoms with Crippen LogP contribution in [0.25, 0.3) is 0 Å². The Kier molecular flexibility index (Phi) is 5.76. The predicted molar refractivity (Wildman–Crippen MR) is 47.0 cm³/mol. The van der Waals surface area contributed by atoms with Crippen molar-refractivity contribution in [2.75, 3.05) is 12.5 Å². The number of carbonyl (C=O) groups is 1. The lowest BCUT2D eigenvalue weighted by Gasteiger charge is -2.12. The summed E-state index contributed by atoms with van der Waals surface area (Å²) in [7, 11) is 0. The minimum Gasteiger partial charge on any atom is -0.433 e. The molecule has 12 heavy (non-hydrogen) atoms. The minimum atomic E-state index is -0.562. The monoisotopic (exact) mass is 192 g/mol. The third kappa shape index (κ3) is 5.16. The predicted octanol–water partition coefficient (Wildman–Crippen LogP) is 1.71. The summed E-state index contributed by atoms with van der Waals surface area (Å²) in [5.74, 6) is -0.0633. The first-order valence-electron chi connectivity index (χ1n) is 3.62. The van der Waals surface area contributed by atoms with Crippen LogP contribution >= 0.6 is 11.6 Å². The van der Waals surface area contributed by atoms with E-state index in [1.807, 2.05) is 0 Å². The molecule has 0 saturated carbocycles. The van der Waals surface area contributed by atoms with Crippen LogP contribution < -0.4 is 0 Å². The van der Waals surface area contributed by atoms with Gasteiger partial charge in [-0.25, -0.2) is 4.79 Å². The molecule has 0 saturated heterocycles. The van der Waals surface area contributed by atoms with Crippen molar-refractivity contribution in [1.29, 1.82) is 0 Å². The van der Waals surface area contributed by atoms with Gasteiger partial charge in [-0.1, -0.05) is 6.58 Å². The van der Waals surface area contributed by atoms with E-state index >= 15 is 0 Å². The fourth-order valence-electron chi connectivity index (χ4n) is 0.496. The van der Waals surface area contributed by atoms with Crippen LogP contribution in [-0.4, -0.2) is 24.7 Å². The first-order valence-corrected chi connectivity index (χ1v) is 4.15. The number of hydrogen-bond acceptors (Lipinski definition) is 3. The normalized spacial score (nSPS) is 12.2. The van der Waals surface area contributed by atoms with E-state index in [2.05, 4.69) is 6.58 Å². The van der Waals surface area contributed by atoms with Gasteiger partial charge in [0.15, 0.2) is 0 Å². The van der Waals surface area contributed by atoms with Crippen molar-refractivity contribution >= 4 is 17.6 Å². The molecule has 0 aromatic rings. The van der Waals surface area contributed by atoms with Crippen molar-refractivity contribution in [3.8, 4) is 0 Å². The lowest BCUT2D eigenvalue weighted by molar-refractivity contribution is -0.168. The molecule has 4 heteroatoms. The van der Waals surface area contributed by atoms with E-state index in [1.165, 1.54) is 0 Å². The van der Waals surface area contributed by atoms with Gasteiger partial charge in [-0.2, -0.15) is 0 Å². The van der Waals surface area contributed by atoms with Gasteiger partial charge in [0.1, 0.15) is 0 Å². The molecule has 1 atom stereocenters. The van der Waals surface area contributed by atoms with Crippen molar-refractivity contribution in [3.05, 3.63) is 12.2 Å². The molecule has 1 unspecified atom stereocenters. The number of halogens is 1. The highest BCUT2D eigenvalue weighted by atomic mass is 35.5. The van der Waals surface area contributed by atoms with Gasteiger partial charge < -0.3 is 9.47 Å². The van der Waals surface area contributed by atoms with E-state index in [9.17, 15) is 4.79 Å². The van der Waals surface area contributed by atoms with Gasteiger partial charge in [0.25, 0.3) is 0 Å². The SMILES string of the molecule is C=C(C)C(=O)OC(C)OCCCl. The van der Waals surface area contributed by atoms with Crippen LogP contribution in [0.2, 0.25) is 0 Å². The molecule has 0 heterocycles. The van der Waals surface area contributed by atoms with Crippen molar-refractivity contribution < 1.29 is 14.3 Å². The topological polar surface area (TPSA) is 35.5 Å². The van der Waals surface area contributed by atoms with E-state index in [0.717, 1.165) is 0 Å². The first-order chi connectivity index (χ1) is 5.57. The second-order valence-corrected chi connectivity index (χ2v) is 2.69. The van der Waals surface area contributed by atoms with Crippen molar-refractivity contribution in [3.63, 3.8) is 0 Å². The summed E-state index contributed by atoms with van der Waals surface area (Å²) in [6.07, 6.45) is -0.562. The molecular weight excluding hydrogens is 180 g/mol. The van der Waals surface area contributed by atoms with Crippen LogP contribution in [0.15, 0.2) is 12.2 Å². The van der Waals surface area contributed by atoms with Gasteiger partial charge in [0.2, 0.25) is 6.29 Å². The molecule has 0 N–H and O–H groups in total. The Labute approximate surface area is 77.3 Å². The highest BCUT2D eigenvalue weighted by molar-refractivity contribution is 6.17. The lowest BCUT2D eigenvalue weighted by atomic mass is 10.4. The molecule has 3 nitrogen and oxygen atoms in total. The zero-order valence-electron chi connectivity index (χ0n) is 7.30. The zero-order valence-corrected chi connectivity index (χ0v) is 8.06. The molecule has 70 valence electrons. The number of alkyl halides is 1. The summed E-state index contributed by atoms with van der Waals surface area (Å²) in [4.78, 5) is 10.9. The highest BCUT2D eigenvalue weighted by Gasteiger charge is 2.08. The maximum Gasteiger partial charge on any atom is 0.335 e. The molecule has 0 aromatic heterocycles. The summed E-state index contributed by atoms with van der Waals surface area (Å²) in [5, 5.41) is 0. The van der Waals surface area contributed by atoms with Gasteiger partial charge in [-0.05, 0) is 13.8 Å². The Morgan fingerprint density at radius 3 is 2.67 bits per heavy atom. The van der Waals surface area contributed by atoms with Crippen LogP contribution in [0, 0.1) is 0 Å². The molecule has 0 fully saturated rings. The fraction of sp³-hybridized carbons (Fsp3) is 0.625. The summed E-state index contributed by atoms with van der Waals surface area (Å²) in [5.41, 5.74) is 0.358. The molecule has 0 rings (SSSR count). The molecule has 0 aliphatic carbocycles. The van der Waals surface area contributed by atoms with Crippen molar-refractivity contribution in [2.24, 2.45) is 0 Å². The lowest BCUT2D eigenvalue weighted by Crippen LogP contribution is -2.19. The van der Waals surface area contributed by atoms with E-state index in [-0.39, 0.29) is 0 Å². The van der Waals surface area contributed by atoms with Gasteiger partial charge in [-0.15, -0.1) is 11.6 Å². The Morgan fingerprint density at radius 1 is 1.67 bits per heavy atom. The minimum absolute atomic E-state index is 0.358. The van der Waals surface area contributed by atoms with Gasteiger partial charge in [-0.3, -0.25) is 0 Å². The summed E-state index contributed by atoms with van der Waals surface area (Å²) in [6, 6.07) is 0. The second-order valence-electron chi connectivity index (χ2n) is 2.31. The third-order valence-electron chi connectivity index (χ3n) is 1.05. The molecule has 0 spiro atoms. The van der Waals surface area contributed by atoms with E-state index in [4.69, 9.17) is 21.1 Å². The Hall–Kier alpha value is -0.540. The molecule has 0 bridgehead atoms. The standard InChI is InChI=1S/C8H13ClO3/c1-6(2)8(10)12-7(3)11-5-4-9/h7H,1,4-5H2,2-3H3. The van der Waals surface area contributed by atoms with Crippen LogP contribution in [0.3, 0.4) is 0 Å². The molecule has 0 aromatic carbocycles. The Morgan fingerprint density at radius 2 is 2.25 bits per heavy atom. The Bertz CT molecular complexity index is 168. The quantitative estimate of drug-likeness (QED) is 0.288. The fourth-order valence-corrected chi connectivity index (χ4v) is 0.585. The van der Waals surface area contributed by atoms with Gasteiger partial charge in [0.05, 0.1) is 6.61 Å². The average Bonchev–Trinajstić information content (AvgIpc) is 2.00. The third-order valence-corrected chi connectivity index (χ3v) is 1.21. The summed E-state index contributed by atoms with van der Waals surface area (Å²) in [6.45, 7) is 7.01. The van der Waals surface area contributed by atoms with Gasteiger partial charge >= 0.3 is 5.97 Å².